The molecule has 0 radical (unpaired) electrons. The van der Waals surface area contributed by atoms with E-state index in [1.807, 2.05) is 0 Å². The molecule has 0 heterocycles. The number of benzene rings is 2. The molecule has 0 fully saturated rings. The number of allylic oxidation sites excluding steroid dienone is 8. The Morgan fingerprint density at radius 3 is 1.32 bits per heavy atom. The summed E-state index contributed by atoms with van der Waals surface area (Å²) in [5, 5.41) is 2.86. The summed E-state index contributed by atoms with van der Waals surface area (Å²) >= 11 is 0. The molecule has 0 unspecified atom stereocenters. The largest absolute Gasteiger partial charge is 0.0629 e. The van der Waals surface area contributed by atoms with Gasteiger partial charge in [-0.3, -0.25) is 0 Å². The van der Waals surface area contributed by atoms with Crippen molar-refractivity contribution < 1.29 is 0 Å². The predicted molar refractivity (Wildman–Crippen MR) is 148 cm³/mol. The Balaban J connectivity index is 1.49. The van der Waals surface area contributed by atoms with Crippen molar-refractivity contribution in [3.8, 4) is 0 Å². The second-order valence-corrected chi connectivity index (χ2v) is 13.4. The van der Waals surface area contributed by atoms with E-state index in [9.17, 15) is 0 Å². The van der Waals surface area contributed by atoms with Crippen molar-refractivity contribution in [2.24, 2.45) is 22.7 Å². The molecular weight excluding hydrogens is 408 g/mol. The van der Waals surface area contributed by atoms with Gasteiger partial charge >= 0.3 is 0 Å². The minimum absolute atomic E-state index is 0.210. The van der Waals surface area contributed by atoms with Crippen LogP contribution in [0.3, 0.4) is 0 Å². The molecule has 0 N–H and O–H groups in total. The summed E-state index contributed by atoms with van der Waals surface area (Å²) in [6.45, 7) is 19.2. The Kier molecular flexibility index (Phi) is 4.62. The third-order valence-electron chi connectivity index (χ3n) is 9.21. The van der Waals surface area contributed by atoms with E-state index in [1.54, 1.807) is 44.6 Å². The summed E-state index contributed by atoms with van der Waals surface area (Å²) < 4.78 is 0. The fraction of sp³-hybridized carbons (Fsp3) is 0.471. The van der Waals surface area contributed by atoms with Crippen LogP contribution in [0.25, 0.3) is 21.9 Å². The molecule has 0 saturated heterocycles. The van der Waals surface area contributed by atoms with Crippen LogP contribution in [0.15, 0.2) is 58.7 Å². The summed E-state index contributed by atoms with van der Waals surface area (Å²) in [5.74, 6) is 1.25. The molecule has 2 aromatic carbocycles. The van der Waals surface area contributed by atoms with Crippen LogP contribution in [0.2, 0.25) is 0 Å². The normalized spacial score (nSPS) is 22.2. The van der Waals surface area contributed by atoms with Crippen molar-refractivity contribution in [3.05, 3.63) is 81.0 Å². The van der Waals surface area contributed by atoms with Crippen molar-refractivity contribution in [3.63, 3.8) is 0 Å². The van der Waals surface area contributed by atoms with Crippen LogP contribution in [0.4, 0.5) is 0 Å². The smallest absolute Gasteiger partial charge is 0.00523 e. The molecule has 4 aliphatic carbocycles. The third kappa shape index (κ3) is 3.17. The summed E-state index contributed by atoms with van der Waals surface area (Å²) in [5.41, 5.74) is 16.2. The van der Waals surface area contributed by atoms with Gasteiger partial charge in [0.1, 0.15) is 0 Å². The number of fused-ring (bicyclic) bond motifs is 5. The zero-order chi connectivity index (χ0) is 24.2. The monoisotopic (exact) mass is 448 g/mol. The van der Waals surface area contributed by atoms with Gasteiger partial charge in [0.15, 0.2) is 0 Å². The van der Waals surface area contributed by atoms with E-state index in [0.29, 0.717) is 11.8 Å². The van der Waals surface area contributed by atoms with Gasteiger partial charge in [-0.05, 0) is 116 Å². The maximum absolute atomic E-state index is 2.54. The minimum atomic E-state index is 0.210. The zero-order valence-corrected chi connectivity index (χ0v) is 22.4. The third-order valence-corrected chi connectivity index (χ3v) is 9.21. The highest BCUT2D eigenvalue weighted by atomic mass is 14.4. The van der Waals surface area contributed by atoms with Crippen molar-refractivity contribution in [2.75, 3.05) is 0 Å². The number of hydrogen-bond acceptors (Lipinski definition) is 0. The lowest BCUT2D eigenvalue weighted by molar-refractivity contribution is 0.450. The average Bonchev–Trinajstić information content (AvgIpc) is 3.38. The highest BCUT2D eigenvalue weighted by molar-refractivity contribution is 5.95. The van der Waals surface area contributed by atoms with E-state index in [0.717, 1.165) is 25.7 Å². The van der Waals surface area contributed by atoms with E-state index in [1.165, 1.54) is 21.9 Å². The molecule has 0 nitrogen and oxygen atoms in total. The van der Waals surface area contributed by atoms with E-state index >= 15 is 0 Å². The molecule has 6 rings (SSSR count). The second kappa shape index (κ2) is 7.09. The number of hydrogen-bond donors (Lipinski definition) is 0. The number of rotatable bonds is 2. The molecule has 0 saturated carbocycles. The summed E-state index contributed by atoms with van der Waals surface area (Å²) in [7, 11) is 0. The van der Waals surface area contributed by atoms with Gasteiger partial charge < -0.3 is 0 Å². The van der Waals surface area contributed by atoms with Crippen LogP contribution in [0.1, 0.15) is 90.5 Å². The lowest BCUT2D eigenvalue weighted by Gasteiger charge is -2.35. The predicted octanol–water partition coefficient (Wildman–Crippen LogP) is 9.48. The van der Waals surface area contributed by atoms with Gasteiger partial charge in [0.2, 0.25) is 0 Å². The van der Waals surface area contributed by atoms with Crippen molar-refractivity contribution in [1.82, 2.24) is 0 Å². The highest BCUT2D eigenvalue weighted by Gasteiger charge is 2.38. The van der Waals surface area contributed by atoms with Crippen molar-refractivity contribution in [2.45, 2.75) is 81.1 Å². The van der Waals surface area contributed by atoms with Gasteiger partial charge in [-0.2, -0.15) is 0 Å². The average molecular weight is 449 g/mol. The van der Waals surface area contributed by atoms with E-state index in [2.05, 4.69) is 91.8 Å². The SMILES string of the molecule is CC(C)C1=CC2=C(C1)c1cc3cc4c(cc3cc1CC2(C)C)C1=C(C=C(C(C)C)C1)C(C)(C)C4. The molecule has 176 valence electrons. The fourth-order valence-corrected chi connectivity index (χ4v) is 7.12. The quantitative estimate of drug-likeness (QED) is 0.429. The molecule has 4 aliphatic rings. The van der Waals surface area contributed by atoms with Gasteiger partial charge in [-0.25, -0.2) is 0 Å². The van der Waals surface area contributed by atoms with Crippen LogP contribution in [-0.4, -0.2) is 0 Å². The van der Waals surface area contributed by atoms with E-state index in [-0.39, 0.29) is 10.8 Å². The molecular formula is C34H40. The molecule has 0 amide bonds. The van der Waals surface area contributed by atoms with Crippen LogP contribution < -0.4 is 0 Å². The Bertz CT molecular complexity index is 1270. The van der Waals surface area contributed by atoms with Gasteiger partial charge in [0.05, 0.1) is 0 Å². The van der Waals surface area contributed by atoms with Gasteiger partial charge in [0.25, 0.3) is 0 Å². The Labute approximate surface area is 206 Å². The topological polar surface area (TPSA) is 0 Å². The summed E-state index contributed by atoms with van der Waals surface area (Å²) in [4.78, 5) is 0. The lowest BCUT2D eigenvalue weighted by Crippen LogP contribution is -2.23. The Morgan fingerprint density at radius 2 is 0.971 bits per heavy atom. The first-order chi connectivity index (χ1) is 15.9. The van der Waals surface area contributed by atoms with Crippen molar-refractivity contribution in [1.29, 1.82) is 0 Å². The van der Waals surface area contributed by atoms with Gasteiger partial charge in [-0.15, -0.1) is 0 Å². The Hall–Kier alpha value is -2.34. The molecule has 34 heavy (non-hydrogen) atoms. The first kappa shape index (κ1) is 22.1. The highest BCUT2D eigenvalue weighted by Crippen LogP contribution is 2.53. The van der Waals surface area contributed by atoms with E-state index in [4.69, 9.17) is 0 Å². The van der Waals surface area contributed by atoms with Crippen LogP contribution in [0, 0.1) is 22.7 Å². The molecule has 0 heteroatoms. The van der Waals surface area contributed by atoms with E-state index < -0.39 is 0 Å². The molecule has 0 aliphatic heterocycles. The fourth-order valence-electron chi connectivity index (χ4n) is 7.12. The van der Waals surface area contributed by atoms with Crippen LogP contribution in [0.5, 0.6) is 0 Å². The molecule has 0 spiro atoms. The van der Waals surface area contributed by atoms with Gasteiger partial charge in [0, 0.05) is 0 Å². The first-order valence-corrected chi connectivity index (χ1v) is 13.4. The molecule has 0 atom stereocenters. The summed E-state index contributed by atoms with van der Waals surface area (Å²) in [6.07, 6.45) is 9.61. The maximum atomic E-state index is 2.54. The zero-order valence-electron chi connectivity index (χ0n) is 22.4. The molecule has 0 aromatic heterocycles. The standard InChI is InChI=1S/C34H40/c1-19(2)21-11-29-27-13-23-10-26-18-34(7,8)32-16-22(20(3)4)12-30(32)28(26)14-24(23)9-25(27)17-33(5,6)31(29)15-21/h9-10,13-16,19-20H,11-12,17-18H2,1-8H3. The molecule has 2 aromatic rings. The minimum Gasteiger partial charge on any atom is -0.0629 e. The van der Waals surface area contributed by atoms with Crippen LogP contribution >= 0.6 is 0 Å². The molecule has 0 bridgehead atoms. The van der Waals surface area contributed by atoms with Crippen LogP contribution in [-0.2, 0) is 12.8 Å². The van der Waals surface area contributed by atoms with Gasteiger partial charge in [-0.1, -0.05) is 90.8 Å². The Morgan fingerprint density at radius 1 is 0.588 bits per heavy atom. The first-order valence-electron chi connectivity index (χ1n) is 13.4. The maximum Gasteiger partial charge on any atom is -0.00523 e. The van der Waals surface area contributed by atoms with Crippen molar-refractivity contribution >= 4 is 21.9 Å². The summed E-state index contributed by atoms with van der Waals surface area (Å²) in [6, 6.07) is 10.1. The lowest BCUT2D eigenvalue weighted by atomic mass is 9.69. The second-order valence-electron chi connectivity index (χ2n) is 13.4.